The maximum Gasteiger partial charge on any atom is 0.300 e. The zero-order chi connectivity index (χ0) is 27.2. The Labute approximate surface area is 213 Å². The molecule has 1 aliphatic rings. The van der Waals surface area contributed by atoms with Gasteiger partial charge in [0, 0.05) is 17.3 Å². The molecular weight excluding hydrogens is 480 g/mol. The van der Waals surface area contributed by atoms with Gasteiger partial charge < -0.3 is 14.9 Å². The molecule has 1 heterocycles. The first-order chi connectivity index (χ1) is 17.3. The quantitative estimate of drug-likeness (QED) is 0.260. The molecule has 37 heavy (non-hydrogen) atoms. The van der Waals surface area contributed by atoms with E-state index in [1.165, 1.54) is 31.4 Å². The Morgan fingerprint density at radius 2 is 1.68 bits per heavy atom. The molecule has 1 fully saturated rings. The van der Waals surface area contributed by atoms with Crippen molar-refractivity contribution in [2.45, 2.75) is 39.2 Å². The Balaban J connectivity index is 2.01. The summed E-state index contributed by atoms with van der Waals surface area (Å²) in [7, 11) is 1.37. The first-order valence-corrected chi connectivity index (χ1v) is 11.6. The van der Waals surface area contributed by atoms with Crippen molar-refractivity contribution in [1.82, 2.24) is 0 Å². The molecule has 6 nitrogen and oxygen atoms in total. The normalized spacial score (nSPS) is 17.4. The van der Waals surface area contributed by atoms with Crippen LogP contribution in [0.1, 0.15) is 49.1 Å². The van der Waals surface area contributed by atoms with Gasteiger partial charge in [-0.3, -0.25) is 14.5 Å². The number of Topliss-reactive ketones (excluding diaryl/α,β-unsaturated/α-hetero) is 1. The van der Waals surface area contributed by atoms with Crippen LogP contribution in [0.5, 0.6) is 11.5 Å². The van der Waals surface area contributed by atoms with Crippen molar-refractivity contribution < 1.29 is 33.3 Å². The number of aryl methyl sites for hydroxylation is 1. The first-order valence-electron chi connectivity index (χ1n) is 11.6. The van der Waals surface area contributed by atoms with E-state index in [2.05, 4.69) is 0 Å². The van der Waals surface area contributed by atoms with E-state index in [1.807, 2.05) is 32.9 Å². The number of ether oxygens (including phenoxy) is 1. The number of hydrogen-bond donors (Lipinski definition) is 2. The van der Waals surface area contributed by atoms with Crippen LogP contribution in [0.4, 0.5) is 14.5 Å². The van der Waals surface area contributed by atoms with E-state index in [1.54, 1.807) is 13.0 Å². The fourth-order valence-corrected chi connectivity index (χ4v) is 4.41. The molecule has 8 heteroatoms. The summed E-state index contributed by atoms with van der Waals surface area (Å²) in [5.41, 5.74) is 1.59. The Hall–Kier alpha value is -4.20. The minimum atomic E-state index is -1.24. The third kappa shape index (κ3) is 4.55. The van der Waals surface area contributed by atoms with Crippen molar-refractivity contribution >= 4 is 23.1 Å². The largest absolute Gasteiger partial charge is 0.507 e. The number of phenolic OH excluding ortho intramolecular Hbond substituents is 1. The number of methoxy groups -OCH3 is 1. The number of benzene rings is 3. The number of halogens is 2. The molecule has 0 aromatic heterocycles. The number of aromatic hydroxyl groups is 1. The minimum absolute atomic E-state index is 0.0828. The molecule has 2 N–H and O–H groups in total. The lowest BCUT2D eigenvalue weighted by Gasteiger charge is -2.26. The van der Waals surface area contributed by atoms with Gasteiger partial charge in [-0.25, -0.2) is 8.78 Å². The average Bonchev–Trinajstić information content (AvgIpc) is 3.10. The van der Waals surface area contributed by atoms with Gasteiger partial charge in [-0.05, 0) is 59.4 Å². The summed E-state index contributed by atoms with van der Waals surface area (Å²) in [5.74, 6) is -4.87. The van der Waals surface area contributed by atoms with Crippen LogP contribution in [0.2, 0.25) is 0 Å². The molecule has 192 valence electrons. The van der Waals surface area contributed by atoms with Crippen LogP contribution in [-0.2, 0) is 15.0 Å². The second-order valence-electron chi connectivity index (χ2n) is 9.98. The summed E-state index contributed by atoms with van der Waals surface area (Å²) in [6.45, 7) is 7.78. The number of amides is 1. The number of carbonyl (C=O) groups is 2. The van der Waals surface area contributed by atoms with Crippen LogP contribution < -0.4 is 9.64 Å². The predicted molar refractivity (Wildman–Crippen MR) is 136 cm³/mol. The third-order valence-corrected chi connectivity index (χ3v) is 6.50. The highest BCUT2D eigenvalue weighted by Gasteiger charge is 2.47. The van der Waals surface area contributed by atoms with Crippen LogP contribution in [-0.4, -0.2) is 29.0 Å². The second-order valence-corrected chi connectivity index (χ2v) is 9.98. The number of phenols is 1. The number of nitrogens with zero attached hydrogens (tertiary/aromatic N) is 1. The van der Waals surface area contributed by atoms with Gasteiger partial charge in [-0.1, -0.05) is 39.0 Å². The van der Waals surface area contributed by atoms with E-state index in [0.717, 1.165) is 22.6 Å². The van der Waals surface area contributed by atoms with Crippen molar-refractivity contribution in [3.63, 3.8) is 0 Å². The molecule has 0 spiro atoms. The molecule has 1 amide bonds. The van der Waals surface area contributed by atoms with Crippen LogP contribution >= 0.6 is 0 Å². The van der Waals surface area contributed by atoms with Gasteiger partial charge in [0.1, 0.15) is 5.76 Å². The van der Waals surface area contributed by atoms with E-state index in [4.69, 9.17) is 4.74 Å². The highest BCUT2D eigenvalue weighted by atomic mass is 19.2. The molecule has 1 unspecified atom stereocenters. The topological polar surface area (TPSA) is 87.1 Å². The van der Waals surface area contributed by atoms with Gasteiger partial charge in [0.15, 0.2) is 23.1 Å². The molecule has 3 aromatic rings. The Morgan fingerprint density at radius 1 is 0.973 bits per heavy atom. The van der Waals surface area contributed by atoms with E-state index in [0.29, 0.717) is 11.1 Å². The fraction of sp³-hybridized carbons (Fsp3) is 0.241. The van der Waals surface area contributed by atoms with Crippen LogP contribution in [0, 0.1) is 18.6 Å². The van der Waals surface area contributed by atoms with E-state index < -0.39 is 35.1 Å². The maximum atomic E-state index is 14.2. The summed E-state index contributed by atoms with van der Waals surface area (Å²) in [4.78, 5) is 27.6. The van der Waals surface area contributed by atoms with Crippen LogP contribution in [0.3, 0.4) is 0 Å². The zero-order valence-corrected chi connectivity index (χ0v) is 21.1. The fourth-order valence-electron chi connectivity index (χ4n) is 4.41. The Bertz CT molecular complexity index is 1460. The lowest BCUT2D eigenvalue weighted by molar-refractivity contribution is -0.132. The number of anilines is 1. The zero-order valence-electron chi connectivity index (χ0n) is 21.1. The standard InChI is InChI=1S/C29H27F2NO5/c1-15-6-8-17(29(2,3)4)13-19(15)26(34)24-25(16-7-11-23(37-5)22(33)12-16)32(28(36)27(24)35)18-9-10-20(30)21(31)14-18/h6-14,25,33-34H,1-5H3/b26-24+. The van der Waals surface area contributed by atoms with E-state index >= 15 is 0 Å². The molecule has 0 aliphatic carbocycles. The van der Waals surface area contributed by atoms with Crippen LogP contribution in [0.15, 0.2) is 60.2 Å². The second kappa shape index (κ2) is 9.35. The average molecular weight is 508 g/mol. The summed E-state index contributed by atoms with van der Waals surface area (Å²) in [6, 6.07) is 11.4. The van der Waals surface area contributed by atoms with Gasteiger partial charge >= 0.3 is 0 Å². The van der Waals surface area contributed by atoms with E-state index in [9.17, 15) is 28.6 Å². The van der Waals surface area contributed by atoms with Crippen molar-refractivity contribution in [3.05, 3.63) is 94.1 Å². The summed E-state index contributed by atoms with van der Waals surface area (Å²) in [6.07, 6.45) is 0. The summed E-state index contributed by atoms with van der Waals surface area (Å²) < 4.78 is 32.9. The molecular formula is C29H27F2NO5. The van der Waals surface area contributed by atoms with Crippen molar-refractivity contribution in [3.8, 4) is 11.5 Å². The SMILES string of the molecule is COc1ccc(C2/C(=C(\O)c3cc(C(C)(C)C)ccc3C)C(=O)C(=O)N2c2ccc(F)c(F)c2)cc1O. The van der Waals surface area contributed by atoms with Gasteiger partial charge in [-0.15, -0.1) is 0 Å². The summed E-state index contributed by atoms with van der Waals surface area (Å²) >= 11 is 0. The molecule has 0 radical (unpaired) electrons. The summed E-state index contributed by atoms with van der Waals surface area (Å²) in [5, 5.41) is 21.9. The highest BCUT2D eigenvalue weighted by molar-refractivity contribution is 6.51. The molecule has 4 rings (SSSR count). The maximum absolute atomic E-state index is 14.2. The van der Waals surface area contributed by atoms with Gasteiger partial charge in [0.05, 0.1) is 18.7 Å². The number of hydrogen-bond acceptors (Lipinski definition) is 5. The number of carbonyl (C=O) groups excluding carboxylic acids is 2. The molecule has 3 aromatic carbocycles. The van der Waals surface area contributed by atoms with Gasteiger partial charge in [0.2, 0.25) is 0 Å². The third-order valence-electron chi connectivity index (χ3n) is 6.50. The number of aliphatic hydroxyl groups excluding tert-OH is 1. The van der Waals surface area contributed by atoms with Gasteiger partial charge in [0.25, 0.3) is 11.7 Å². The molecule has 0 bridgehead atoms. The highest BCUT2D eigenvalue weighted by Crippen LogP contribution is 2.44. The van der Waals surface area contributed by atoms with Crippen molar-refractivity contribution in [1.29, 1.82) is 0 Å². The lowest BCUT2D eigenvalue weighted by atomic mass is 9.84. The number of ketones is 1. The molecule has 1 aliphatic heterocycles. The predicted octanol–water partition coefficient (Wildman–Crippen LogP) is 5.91. The molecule has 1 saturated heterocycles. The smallest absolute Gasteiger partial charge is 0.300 e. The van der Waals surface area contributed by atoms with E-state index in [-0.39, 0.29) is 33.7 Å². The Kier molecular flexibility index (Phi) is 6.54. The number of aliphatic hydroxyl groups is 1. The lowest BCUT2D eigenvalue weighted by Crippen LogP contribution is -2.29. The van der Waals surface area contributed by atoms with Crippen LogP contribution in [0.25, 0.3) is 5.76 Å². The monoisotopic (exact) mass is 507 g/mol. The Morgan fingerprint density at radius 3 is 2.27 bits per heavy atom. The number of rotatable bonds is 4. The first kappa shape index (κ1) is 25.9. The molecule has 1 atom stereocenters. The molecule has 0 saturated carbocycles. The minimum Gasteiger partial charge on any atom is -0.507 e. The van der Waals surface area contributed by atoms with Gasteiger partial charge in [-0.2, -0.15) is 0 Å². The van der Waals surface area contributed by atoms with Crippen molar-refractivity contribution in [2.24, 2.45) is 0 Å². The van der Waals surface area contributed by atoms with Crippen molar-refractivity contribution in [2.75, 3.05) is 12.0 Å².